The zero-order valence-electron chi connectivity index (χ0n) is 20.6. The Kier molecular flexibility index (Phi) is 12.9. The maximum atomic E-state index is 12.1. The highest BCUT2D eigenvalue weighted by atomic mass is 16.7. The van der Waals surface area contributed by atoms with Gasteiger partial charge >= 0.3 is 5.97 Å². The molecule has 182 valence electrons. The van der Waals surface area contributed by atoms with Gasteiger partial charge in [0.05, 0.1) is 19.3 Å². The van der Waals surface area contributed by atoms with Crippen LogP contribution in [0.4, 0.5) is 5.69 Å². The third-order valence-electron chi connectivity index (χ3n) is 4.74. The van der Waals surface area contributed by atoms with Crippen LogP contribution in [0.25, 0.3) is 11.3 Å². The lowest BCUT2D eigenvalue weighted by Gasteiger charge is -2.46. The van der Waals surface area contributed by atoms with Crippen LogP contribution in [-0.2, 0) is 9.57 Å². The van der Waals surface area contributed by atoms with Gasteiger partial charge in [0, 0.05) is 37.8 Å². The third-order valence-corrected chi connectivity index (χ3v) is 4.74. The Morgan fingerprint density at radius 2 is 1.72 bits per heavy atom. The van der Waals surface area contributed by atoms with Crippen LogP contribution in [0.2, 0.25) is 0 Å². The van der Waals surface area contributed by atoms with E-state index < -0.39 is 5.97 Å². The number of esters is 1. The van der Waals surface area contributed by atoms with E-state index in [9.17, 15) is 4.79 Å². The summed E-state index contributed by atoms with van der Waals surface area (Å²) in [4.78, 5) is 24.1. The van der Waals surface area contributed by atoms with E-state index in [2.05, 4.69) is 23.7 Å². The lowest BCUT2D eigenvalue weighted by molar-refractivity contribution is -0.195. The largest absolute Gasteiger partial charge is 0.461 e. The van der Waals surface area contributed by atoms with E-state index in [4.69, 9.17) is 14.0 Å². The number of carbonyl (C=O) groups is 1. The van der Waals surface area contributed by atoms with Crippen LogP contribution in [0.3, 0.4) is 0 Å². The molecule has 0 spiro atoms. The average molecular weight is 450 g/mol. The number of hydrogen-bond acceptors (Lipinski definition) is 7. The highest BCUT2D eigenvalue weighted by molar-refractivity contribution is 5.93. The summed E-state index contributed by atoms with van der Waals surface area (Å²) >= 11 is 0. The van der Waals surface area contributed by atoms with Gasteiger partial charge in [-0.15, -0.1) is 0 Å². The van der Waals surface area contributed by atoms with Gasteiger partial charge < -0.3 is 18.9 Å². The van der Waals surface area contributed by atoms with Gasteiger partial charge in [-0.3, -0.25) is 0 Å². The summed E-state index contributed by atoms with van der Waals surface area (Å²) in [6, 6.07) is 7.99. The number of oxazole rings is 1. The molecule has 0 bridgehead atoms. The summed E-state index contributed by atoms with van der Waals surface area (Å²) in [6.07, 6.45) is 0. The Hall–Kier alpha value is -2.38. The van der Waals surface area contributed by atoms with Gasteiger partial charge in [-0.1, -0.05) is 35.1 Å². The number of piperazine rings is 1. The van der Waals surface area contributed by atoms with Gasteiger partial charge in [0.15, 0.2) is 17.3 Å². The molecule has 32 heavy (non-hydrogen) atoms. The van der Waals surface area contributed by atoms with Crippen molar-refractivity contribution in [1.82, 2.24) is 10.0 Å². The molecule has 7 nitrogen and oxygen atoms in total. The fourth-order valence-corrected chi connectivity index (χ4v) is 3.48. The monoisotopic (exact) mass is 449 g/mol. The van der Waals surface area contributed by atoms with Crippen LogP contribution in [0.1, 0.15) is 72.3 Å². The normalized spacial score (nSPS) is 14.8. The minimum atomic E-state index is -0.467. The minimum absolute atomic E-state index is 0. The molecule has 0 N–H and O–H groups in total. The zero-order valence-corrected chi connectivity index (χ0v) is 20.6. The Bertz CT molecular complexity index is 800. The van der Waals surface area contributed by atoms with Crippen molar-refractivity contribution in [3.8, 4) is 11.3 Å². The van der Waals surface area contributed by atoms with Crippen molar-refractivity contribution in [3.63, 3.8) is 0 Å². The van der Waals surface area contributed by atoms with Crippen LogP contribution < -0.4 is 4.90 Å². The SMILES string of the molecule is C.CC.CC.CCOC(=O)c1nc(C)oc1-c1ccc(N2CCN(OC)C(C)(C)C2)cc1. The maximum absolute atomic E-state index is 12.1. The van der Waals surface area contributed by atoms with Crippen LogP contribution in [0.5, 0.6) is 0 Å². The number of hydrogen-bond donors (Lipinski definition) is 0. The third kappa shape index (κ3) is 7.07. The smallest absolute Gasteiger partial charge is 0.360 e. The van der Waals surface area contributed by atoms with E-state index in [0.29, 0.717) is 18.3 Å². The van der Waals surface area contributed by atoms with Crippen molar-refractivity contribution in [2.75, 3.05) is 38.3 Å². The molecule has 1 aromatic heterocycles. The number of aryl methyl sites for hydroxylation is 1. The molecular weight excluding hydrogens is 406 g/mol. The van der Waals surface area contributed by atoms with Crippen molar-refractivity contribution >= 4 is 11.7 Å². The first-order valence-electron chi connectivity index (χ1n) is 11.2. The Morgan fingerprint density at radius 1 is 1.12 bits per heavy atom. The second-order valence-corrected chi connectivity index (χ2v) is 7.20. The summed E-state index contributed by atoms with van der Waals surface area (Å²) in [5.74, 6) is 0.419. The molecular formula is C25H43N3O4. The second-order valence-electron chi connectivity index (χ2n) is 7.20. The maximum Gasteiger partial charge on any atom is 0.360 e. The first-order valence-corrected chi connectivity index (χ1v) is 11.2. The van der Waals surface area contributed by atoms with Crippen molar-refractivity contribution in [1.29, 1.82) is 0 Å². The summed E-state index contributed by atoms with van der Waals surface area (Å²) in [5, 5.41) is 2.01. The van der Waals surface area contributed by atoms with E-state index >= 15 is 0 Å². The standard InChI is InChI=1S/C20H27N3O4.2C2H6.CH4/c1-6-26-19(24)17-18(27-14(2)21-17)15-7-9-16(10-8-15)22-11-12-23(25-5)20(3,4)13-22;2*1-2;/h7-10H,6,11-13H2,1-5H3;2*1-2H3;1H4. The predicted molar refractivity (Wildman–Crippen MR) is 132 cm³/mol. The quantitative estimate of drug-likeness (QED) is 0.520. The van der Waals surface area contributed by atoms with Gasteiger partial charge in [-0.05, 0) is 45.0 Å². The first-order chi connectivity index (χ1) is 14.9. The van der Waals surface area contributed by atoms with Gasteiger partial charge in [0.1, 0.15) is 0 Å². The molecule has 1 fully saturated rings. The molecule has 0 saturated carbocycles. The molecule has 0 unspecified atom stereocenters. The van der Waals surface area contributed by atoms with Gasteiger partial charge in [0.25, 0.3) is 0 Å². The molecule has 7 heteroatoms. The minimum Gasteiger partial charge on any atom is -0.461 e. The predicted octanol–water partition coefficient (Wildman–Crippen LogP) is 5.98. The number of ether oxygens (including phenoxy) is 1. The zero-order chi connectivity index (χ0) is 23.6. The van der Waals surface area contributed by atoms with Crippen LogP contribution in [0.15, 0.2) is 28.7 Å². The van der Waals surface area contributed by atoms with Crippen LogP contribution in [0, 0.1) is 6.92 Å². The molecule has 3 rings (SSSR count). The number of benzene rings is 1. The van der Waals surface area contributed by atoms with Crippen molar-refractivity contribution in [3.05, 3.63) is 35.9 Å². The van der Waals surface area contributed by atoms with E-state index in [-0.39, 0.29) is 18.7 Å². The number of anilines is 1. The number of nitrogens with zero attached hydrogens (tertiary/aromatic N) is 3. The van der Waals surface area contributed by atoms with E-state index in [1.54, 1.807) is 21.0 Å². The molecule has 0 aliphatic carbocycles. The Balaban J connectivity index is 0.00000182. The van der Waals surface area contributed by atoms with Crippen molar-refractivity contribution < 1.29 is 18.8 Å². The van der Waals surface area contributed by atoms with Gasteiger partial charge in [-0.25, -0.2) is 9.78 Å². The fraction of sp³-hybridized carbons (Fsp3) is 0.600. The van der Waals surface area contributed by atoms with Crippen LogP contribution in [-0.4, -0.2) is 54.9 Å². The second kappa shape index (κ2) is 13.9. The average Bonchev–Trinajstić information content (AvgIpc) is 3.18. The molecule has 0 atom stereocenters. The fourth-order valence-electron chi connectivity index (χ4n) is 3.48. The number of carbonyl (C=O) groups excluding carboxylic acids is 1. The van der Waals surface area contributed by atoms with E-state index in [1.165, 1.54) is 0 Å². The highest BCUT2D eigenvalue weighted by Gasteiger charge is 2.34. The van der Waals surface area contributed by atoms with Crippen molar-refractivity contribution in [2.24, 2.45) is 0 Å². The van der Waals surface area contributed by atoms with Gasteiger partial charge in [0.2, 0.25) is 0 Å². The number of hydroxylamine groups is 2. The summed E-state index contributed by atoms with van der Waals surface area (Å²) in [5.41, 5.74) is 2.07. The van der Waals surface area contributed by atoms with Gasteiger partial charge in [-0.2, -0.15) is 5.06 Å². The first kappa shape index (κ1) is 29.6. The van der Waals surface area contributed by atoms with Crippen LogP contribution >= 0.6 is 0 Å². The molecule has 1 saturated heterocycles. The molecule has 1 aromatic carbocycles. The lowest BCUT2D eigenvalue weighted by Crippen LogP contribution is -2.58. The van der Waals surface area contributed by atoms with Crippen molar-refractivity contribution in [2.45, 2.75) is 68.4 Å². The molecule has 0 radical (unpaired) electrons. The molecule has 0 amide bonds. The summed E-state index contributed by atoms with van der Waals surface area (Å²) < 4.78 is 10.7. The molecule has 1 aliphatic heterocycles. The Morgan fingerprint density at radius 3 is 2.22 bits per heavy atom. The number of aromatic nitrogens is 1. The van der Waals surface area contributed by atoms with E-state index in [0.717, 1.165) is 30.9 Å². The highest BCUT2D eigenvalue weighted by Crippen LogP contribution is 2.30. The van der Waals surface area contributed by atoms with E-state index in [1.807, 2.05) is 57.0 Å². The lowest BCUT2D eigenvalue weighted by atomic mass is 10.0. The summed E-state index contributed by atoms with van der Waals surface area (Å²) in [7, 11) is 1.72. The summed E-state index contributed by atoms with van der Waals surface area (Å²) in [6.45, 7) is 18.7. The molecule has 1 aliphatic rings. The number of rotatable bonds is 5. The molecule has 2 aromatic rings. The topological polar surface area (TPSA) is 68.0 Å². The molecule has 2 heterocycles. The Labute approximate surface area is 194 Å².